The summed E-state index contributed by atoms with van der Waals surface area (Å²) in [5.41, 5.74) is 4.83. The average molecular weight is 372 g/mol. The molecule has 1 fully saturated rings. The van der Waals surface area contributed by atoms with Gasteiger partial charge in [-0.1, -0.05) is 24.3 Å². The molecule has 1 atom stereocenters. The van der Waals surface area contributed by atoms with Gasteiger partial charge in [0.25, 0.3) is 0 Å². The van der Waals surface area contributed by atoms with Crippen LogP contribution in [0.3, 0.4) is 0 Å². The molecule has 4 nitrogen and oxygen atoms in total. The predicted molar refractivity (Wildman–Crippen MR) is 111 cm³/mol. The van der Waals surface area contributed by atoms with E-state index in [1.165, 1.54) is 12.8 Å². The summed E-state index contributed by atoms with van der Waals surface area (Å²) in [6.45, 7) is 6.27. The molecule has 0 saturated carbocycles. The normalized spacial score (nSPS) is 17.1. The second kappa shape index (κ2) is 7.61. The molecule has 0 aliphatic carbocycles. The van der Waals surface area contributed by atoms with Crippen molar-refractivity contribution < 1.29 is 4.42 Å². The molecule has 0 spiro atoms. The molecule has 142 valence electrons. The number of nitrogens with zero attached hydrogens (tertiary/aromatic N) is 2. The van der Waals surface area contributed by atoms with Crippen molar-refractivity contribution in [2.45, 2.75) is 39.2 Å². The highest BCUT2D eigenvalue weighted by Gasteiger charge is 2.21. The first kappa shape index (κ1) is 18.5. The Balaban J connectivity index is 1.77. The van der Waals surface area contributed by atoms with Crippen molar-refractivity contribution >= 4 is 11.0 Å². The Kier molecular flexibility index (Phi) is 5.02. The van der Waals surface area contributed by atoms with E-state index in [0.29, 0.717) is 23.6 Å². The predicted octanol–water partition coefficient (Wildman–Crippen LogP) is 4.67. The molecule has 2 heterocycles. The number of benzene rings is 2. The zero-order valence-corrected chi connectivity index (χ0v) is 16.4. The van der Waals surface area contributed by atoms with Gasteiger partial charge in [0.15, 0.2) is 0 Å². The summed E-state index contributed by atoms with van der Waals surface area (Å²) in [6, 6.07) is 16.1. The third-order valence-corrected chi connectivity index (χ3v) is 5.97. The van der Waals surface area contributed by atoms with E-state index >= 15 is 0 Å². The maximum absolute atomic E-state index is 12.7. The lowest BCUT2D eigenvalue weighted by Crippen LogP contribution is -2.30. The molecule has 28 heavy (non-hydrogen) atoms. The fourth-order valence-electron chi connectivity index (χ4n) is 4.30. The van der Waals surface area contributed by atoms with E-state index in [9.17, 15) is 4.79 Å². The monoisotopic (exact) mass is 372 g/mol. The molecule has 0 radical (unpaired) electrons. The van der Waals surface area contributed by atoms with Gasteiger partial charge < -0.3 is 9.32 Å². The van der Waals surface area contributed by atoms with E-state index in [4.69, 9.17) is 9.68 Å². The molecule has 4 rings (SSSR count). The minimum Gasteiger partial charge on any atom is -0.422 e. The van der Waals surface area contributed by atoms with E-state index in [1.54, 1.807) is 0 Å². The lowest BCUT2D eigenvalue weighted by atomic mass is 9.95. The van der Waals surface area contributed by atoms with Gasteiger partial charge in [-0.25, -0.2) is 4.79 Å². The molecule has 4 heteroatoms. The number of hydrogen-bond acceptors (Lipinski definition) is 4. The summed E-state index contributed by atoms with van der Waals surface area (Å²) in [6.07, 6.45) is 3.17. The molecule has 1 saturated heterocycles. The molecule has 0 amide bonds. The van der Waals surface area contributed by atoms with Crippen molar-refractivity contribution in [3.05, 3.63) is 69.6 Å². The van der Waals surface area contributed by atoms with Crippen molar-refractivity contribution in [3.63, 3.8) is 0 Å². The standard InChI is InChI=1S/C24H24N2O2/c1-16-5-4-13-26(16)14-12-20-17(2)23-21(6-3-7-22(23)28-24(20)27)19-10-8-18(15-25)9-11-19/h3,6-11,16H,4-5,12-14H2,1-2H3/t16-/m0/s1. The van der Waals surface area contributed by atoms with Gasteiger partial charge in [0.1, 0.15) is 5.58 Å². The van der Waals surface area contributed by atoms with Gasteiger partial charge in [-0.15, -0.1) is 0 Å². The first-order chi connectivity index (χ1) is 13.6. The Labute approximate surface area is 165 Å². The van der Waals surface area contributed by atoms with Crippen LogP contribution in [0.5, 0.6) is 0 Å². The smallest absolute Gasteiger partial charge is 0.339 e. The van der Waals surface area contributed by atoms with Crippen LogP contribution in [0.4, 0.5) is 0 Å². The van der Waals surface area contributed by atoms with E-state index < -0.39 is 0 Å². The molecule has 0 bridgehead atoms. The van der Waals surface area contributed by atoms with Gasteiger partial charge in [-0.3, -0.25) is 0 Å². The summed E-state index contributed by atoms with van der Waals surface area (Å²) in [5.74, 6) is 0. The SMILES string of the molecule is Cc1c(CCN2CCC[C@@H]2C)c(=O)oc2cccc(-c3ccc(C#N)cc3)c12. The zero-order valence-electron chi connectivity index (χ0n) is 16.4. The van der Waals surface area contributed by atoms with Crippen LogP contribution < -0.4 is 5.63 Å². The number of aryl methyl sites for hydroxylation is 1. The topological polar surface area (TPSA) is 57.2 Å². The Hall–Kier alpha value is -2.90. The van der Waals surface area contributed by atoms with Gasteiger partial charge >= 0.3 is 5.63 Å². The molecular weight excluding hydrogens is 348 g/mol. The van der Waals surface area contributed by atoms with Crippen LogP contribution in [0.2, 0.25) is 0 Å². The van der Waals surface area contributed by atoms with Crippen LogP contribution in [0.1, 0.15) is 36.5 Å². The van der Waals surface area contributed by atoms with Gasteiger partial charge in [0, 0.05) is 23.5 Å². The number of likely N-dealkylation sites (tertiary alicyclic amines) is 1. The summed E-state index contributed by atoms with van der Waals surface area (Å²) < 4.78 is 5.70. The number of rotatable bonds is 4. The van der Waals surface area contributed by atoms with Crippen LogP contribution >= 0.6 is 0 Å². The Morgan fingerprint density at radius 2 is 2.00 bits per heavy atom. The fourth-order valence-corrected chi connectivity index (χ4v) is 4.30. The number of fused-ring (bicyclic) bond motifs is 1. The van der Waals surface area contributed by atoms with Crippen LogP contribution in [0, 0.1) is 18.3 Å². The van der Waals surface area contributed by atoms with E-state index in [-0.39, 0.29) is 5.63 Å². The highest BCUT2D eigenvalue weighted by Crippen LogP contribution is 2.32. The summed E-state index contributed by atoms with van der Waals surface area (Å²) in [5, 5.41) is 10.0. The first-order valence-electron chi connectivity index (χ1n) is 9.88. The minimum absolute atomic E-state index is 0.228. The van der Waals surface area contributed by atoms with Crippen LogP contribution in [0.15, 0.2) is 51.7 Å². The zero-order chi connectivity index (χ0) is 19.7. The average Bonchev–Trinajstić information content (AvgIpc) is 3.12. The Morgan fingerprint density at radius 1 is 1.21 bits per heavy atom. The van der Waals surface area contributed by atoms with Crippen molar-refractivity contribution in [3.8, 4) is 17.2 Å². The maximum Gasteiger partial charge on any atom is 0.339 e. The lowest BCUT2D eigenvalue weighted by molar-refractivity contribution is 0.271. The third-order valence-electron chi connectivity index (χ3n) is 5.97. The second-order valence-electron chi connectivity index (χ2n) is 7.64. The van der Waals surface area contributed by atoms with Crippen LogP contribution in [-0.4, -0.2) is 24.0 Å². The molecule has 2 aromatic carbocycles. The second-order valence-corrected chi connectivity index (χ2v) is 7.64. The van der Waals surface area contributed by atoms with Gasteiger partial charge in [0.2, 0.25) is 0 Å². The van der Waals surface area contributed by atoms with Gasteiger partial charge in [-0.05, 0) is 74.5 Å². The van der Waals surface area contributed by atoms with Crippen LogP contribution in [-0.2, 0) is 6.42 Å². The Morgan fingerprint density at radius 3 is 2.68 bits per heavy atom. The molecular formula is C24H24N2O2. The van der Waals surface area contributed by atoms with Crippen molar-refractivity contribution in [2.24, 2.45) is 0 Å². The third kappa shape index (κ3) is 3.34. The fraction of sp³-hybridized carbons (Fsp3) is 0.333. The molecule has 1 aliphatic heterocycles. The van der Waals surface area contributed by atoms with Crippen LogP contribution in [0.25, 0.3) is 22.1 Å². The summed E-state index contributed by atoms with van der Waals surface area (Å²) >= 11 is 0. The lowest BCUT2D eigenvalue weighted by Gasteiger charge is -2.21. The van der Waals surface area contributed by atoms with Crippen molar-refractivity contribution in [1.82, 2.24) is 4.90 Å². The van der Waals surface area contributed by atoms with Crippen molar-refractivity contribution in [1.29, 1.82) is 5.26 Å². The highest BCUT2D eigenvalue weighted by molar-refractivity contribution is 5.96. The largest absolute Gasteiger partial charge is 0.422 e. The van der Waals surface area contributed by atoms with Gasteiger partial charge in [0.05, 0.1) is 11.6 Å². The molecule has 0 N–H and O–H groups in total. The maximum atomic E-state index is 12.7. The summed E-state index contributed by atoms with van der Waals surface area (Å²) in [4.78, 5) is 15.1. The van der Waals surface area contributed by atoms with E-state index in [0.717, 1.165) is 40.7 Å². The number of hydrogen-bond donors (Lipinski definition) is 0. The summed E-state index contributed by atoms with van der Waals surface area (Å²) in [7, 11) is 0. The number of nitriles is 1. The minimum atomic E-state index is -0.228. The van der Waals surface area contributed by atoms with Gasteiger partial charge in [-0.2, -0.15) is 5.26 Å². The van der Waals surface area contributed by atoms with E-state index in [2.05, 4.69) is 17.9 Å². The van der Waals surface area contributed by atoms with Crippen molar-refractivity contribution in [2.75, 3.05) is 13.1 Å². The highest BCUT2D eigenvalue weighted by atomic mass is 16.4. The molecule has 3 aromatic rings. The Bertz CT molecular complexity index is 1110. The van der Waals surface area contributed by atoms with E-state index in [1.807, 2.05) is 49.4 Å². The molecule has 1 aromatic heterocycles. The quantitative estimate of drug-likeness (QED) is 0.625. The molecule has 0 unspecified atom stereocenters. The first-order valence-corrected chi connectivity index (χ1v) is 9.88. The molecule has 1 aliphatic rings.